The first-order chi connectivity index (χ1) is 4.01. The summed E-state index contributed by atoms with van der Waals surface area (Å²) < 4.78 is 22.4. The second-order valence-corrected chi connectivity index (χ2v) is 3.08. The van der Waals surface area contributed by atoms with Gasteiger partial charge in [0.1, 0.15) is 5.70 Å². The molecule has 0 aromatic heterocycles. The van der Waals surface area contributed by atoms with Crippen molar-refractivity contribution in [3.8, 4) is 0 Å². The summed E-state index contributed by atoms with van der Waals surface area (Å²) in [4.78, 5) is 10.3. The third-order valence-corrected chi connectivity index (χ3v) is 1.81. The molecule has 1 aliphatic rings. The van der Waals surface area contributed by atoms with Crippen LogP contribution in [0, 0.1) is 0 Å². The second kappa shape index (κ2) is 1.47. The van der Waals surface area contributed by atoms with Gasteiger partial charge in [0, 0.05) is 0 Å². The van der Waals surface area contributed by atoms with Crippen LogP contribution in [0.5, 0.6) is 0 Å². The van der Waals surface area contributed by atoms with Crippen molar-refractivity contribution in [1.29, 1.82) is 0 Å². The van der Waals surface area contributed by atoms with Gasteiger partial charge < -0.3 is 5.73 Å². The molecule has 0 bridgehead atoms. The van der Waals surface area contributed by atoms with Gasteiger partial charge in [-0.1, -0.05) is 0 Å². The van der Waals surface area contributed by atoms with Crippen molar-refractivity contribution in [1.82, 2.24) is 4.72 Å². The van der Waals surface area contributed by atoms with Crippen molar-refractivity contribution in [3.63, 3.8) is 0 Å². The van der Waals surface area contributed by atoms with E-state index in [2.05, 4.69) is 0 Å². The Hall–Kier alpha value is -1.04. The third kappa shape index (κ3) is 1.02. The summed E-state index contributed by atoms with van der Waals surface area (Å²) in [6.45, 7) is 0. The van der Waals surface area contributed by atoms with Crippen molar-refractivity contribution < 1.29 is 13.2 Å². The lowest BCUT2D eigenvalue weighted by atomic mass is 10.5. The molecule has 3 N–H and O–H groups in total. The smallest absolute Gasteiger partial charge is 0.281 e. The standard InChI is InChI=1S/C3H4N2O3S/c4-2-1-9(7,8)5-3(2)6/h1H,4H2,(H,5,6). The topological polar surface area (TPSA) is 89.3 Å². The highest BCUT2D eigenvalue weighted by Gasteiger charge is 2.22. The van der Waals surface area contributed by atoms with Crippen molar-refractivity contribution >= 4 is 15.9 Å². The maximum absolute atomic E-state index is 10.4. The van der Waals surface area contributed by atoms with E-state index in [1.54, 1.807) is 4.72 Å². The minimum absolute atomic E-state index is 0.269. The predicted octanol–water partition coefficient (Wildman–Crippen LogP) is -1.75. The first-order valence-corrected chi connectivity index (χ1v) is 3.60. The molecule has 6 heteroatoms. The largest absolute Gasteiger partial charge is 0.394 e. The SMILES string of the molecule is NC1=CS(=O)(=O)NC1=O. The van der Waals surface area contributed by atoms with Gasteiger partial charge in [-0.25, -0.2) is 13.1 Å². The van der Waals surface area contributed by atoms with Crippen LogP contribution in [0.15, 0.2) is 11.1 Å². The summed E-state index contributed by atoms with van der Waals surface area (Å²) >= 11 is 0. The van der Waals surface area contributed by atoms with Gasteiger partial charge in [0.15, 0.2) is 0 Å². The molecule has 50 valence electrons. The highest BCUT2D eigenvalue weighted by atomic mass is 32.2. The Kier molecular flexibility index (Phi) is 0.995. The summed E-state index contributed by atoms with van der Waals surface area (Å²) in [5.74, 6) is -0.755. The number of rotatable bonds is 0. The number of nitrogens with one attached hydrogen (secondary N) is 1. The first kappa shape index (κ1) is 6.09. The van der Waals surface area contributed by atoms with Crippen LogP contribution < -0.4 is 10.5 Å². The number of carbonyl (C=O) groups is 1. The second-order valence-electron chi connectivity index (χ2n) is 1.55. The fourth-order valence-corrected chi connectivity index (χ4v) is 1.31. The summed E-state index contributed by atoms with van der Waals surface area (Å²) in [7, 11) is -3.53. The molecule has 1 aliphatic heterocycles. The Morgan fingerprint density at radius 1 is 1.56 bits per heavy atom. The molecule has 0 saturated carbocycles. The Labute approximate surface area is 51.6 Å². The first-order valence-electron chi connectivity index (χ1n) is 2.05. The van der Waals surface area contributed by atoms with Crippen LogP contribution in [0.2, 0.25) is 0 Å². The van der Waals surface area contributed by atoms with Crippen LogP contribution in [0.3, 0.4) is 0 Å². The van der Waals surface area contributed by atoms with E-state index in [0.717, 1.165) is 0 Å². The van der Waals surface area contributed by atoms with Gasteiger partial charge in [-0.05, 0) is 0 Å². The number of nitrogens with two attached hydrogens (primary N) is 1. The van der Waals surface area contributed by atoms with Gasteiger partial charge in [-0.2, -0.15) is 0 Å². The summed E-state index contributed by atoms with van der Waals surface area (Å²) in [5, 5.41) is 0.690. The summed E-state index contributed by atoms with van der Waals surface area (Å²) in [6, 6.07) is 0. The third-order valence-electron chi connectivity index (χ3n) is 0.779. The summed E-state index contributed by atoms with van der Waals surface area (Å²) in [5.41, 5.74) is 4.66. The minimum atomic E-state index is -3.53. The molecular formula is C3H4N2O3S. The Morgan fingerprint density at radius 3 is 2.22 bits per heavy atom. The zero-order valence-corrected chi connectivity index (χ0v) is 5.10. The Balaban J connectivity index is 3.15. The van der Waals surface area contributed by atoms with Crippen LogP contribution in [0.25, 0.3) is 0 Å². The molecule has 0 spiro atoms. The molecule has 9 heavy (non-hydrogen) atoms. The maximum Gasteiger partial charge on any atom is 0.281 e. The normalized spacial score (nSPS) is 23.1. The lowest BCUT2D eigenvalue weighted by Crippen LogP contribution is -2.24. The van der Waals surface area contributed by atoms with Gasteiger partial charge >= 0.3 is 0 Å². The molecule has 0 radical (unpaired) electrons. The zero-order chi connectivity index (χ0) is 7.07. The van der Waals surface area contributed by atoms with E-state index in [-0.39, 0.29) is 5.70 Å². The van der Waals surface area contributed by atoms with E-state index in [1.807, 2.05) is 0 Å². The van der Waals surface area contributed by atoms with E-state index in [4.69, 9.17) is 5.73 Å². The number of hydrogen-bond donors (Lipinski definition) is 2. The van der Waals surface area contributed by atoms with Crippen molar-refractivity contribution in [3.05, 3.63) is 11.1 Å². The molecule has 1 amide bonds. The predicted molar refractivity (Wildman–Crippen MR) is 29.3 cm³/mol. The van der Waals surface area contributed by atoms with Crippen LogP contribution in [0.1, 0.15) is 0 Å². The molecule has 0 aliphatic carbocycles. The van der Waals surface area contributed by atoms with Crippen molar-refractivity contribution in [2.24, 2.45) is 5.73 Å². The van der Waals surface area contributed by atoms with Crippen LogP contribution in [-0.2, 0) is 14.8 Å². The Bertz CT molecular complexity index is 275. The van der Waals surface area contributed by atoms with Gasteiger partial charge in [0.25, 0.3) is 15.9 Å². The van der Waals surface area contributed by atoms with Crippen LogP contribution in [0.4, 0.5) is 0 Å². The van der Waals surface area contributed by atoms with Gasteiger partial charge in [-0.3, -0.25) is 4.79 Å². The zero-order valence-electron chi connectivity index (χ0n) is 4.29. The lowest BCUT2D eigenvalue weighted by Gasteiger charge is -1.87. The van der Waals surface area contributed by atoms with E-state index in [0.29, 0.717) is 5.41 Å². The molecule has 0 fully saturated rings. The molecule has 0 saturated heterocycles. The average molecular weight is 148 g/mol. The van der Waals surface area contributed by atoms with Gasteiger partial charge in [0.05, 0.1) is 5.41 Å². The van der Waals surface area contributed by atoms with Gasteiger partial charge in [0.2, 0.25) is 0 Å². The van der Waals surface area contributed by atoms with Crippen LogP contribution >= 0.6 is 0 Å². The van der Waals surface area contributed by atoms with E-state index in [9.17, 15) is 13.2 Å². The van der Waals surface area contributed by atoms with Crippen molar-refractivity contribution in [2.45, 2.75) is 0 Å². The average Bonchev–Trinajstić information content (AvgIpc) is 1.79. The lowest BCUT2D eigenvalue weighted by molar-refractivity contribution is -0.115. The minimum Gasteiger partial charge on any atom is -0.394 e. The number of carbonyl (C=O) groups excluding carboxylic acids is 1. The number of sulfonamides is 1. The molecule has 1 rings (SSSR count). The highest BCUT2D eigenvalue weighted by Crippen LogP contribution is 2.00. The molecule has 0 unspecified atom stereocenters. The highest BCUT2D eigenvalue weighted by molar-refractivity contribution is 7.93. The van der Waals surface area contributed by atoms with E-state index in [1.165, 1.54) is 0 Å². The fourth-order valence-electron chi connectivity index (χ4n) is 0.438. The monoisotopic (exact) mass is 148 g/mol. The molecule has 0 atom stereocenters. The van der Waals surface area contributed by atoms with Crippen molar-refractivity contribution in [2.75, 3.05) is 0 Å². The van der Waals surface area contributed by atoms with E-state index >= 15 is 0 Å². The van der Waals surface area contributed by atoms with Gasteiger partial charge in [-0.15, -0.1) is 0 Å². The number of amides is 1. The quantitative estimate of drug-likeness (QED) is 0.426. The molecule has 5 nitrogen and oxygen atoms in total. The number of hydrogen-bond acceptors (Lipinski definition) is 4. The molecular weight excluding hydrogens is 144 g/mol. The molecule has 0 aromatic carbocycles. The fraction of sp³-hybridized carbons (Fsp3) is 0. The maximum atomic E-state index is 10.4. The van der Waals surface area contributed by atoms with Crippen LogP contribution in [-0.4, -0.2) is 14.3 Å². The van der Waals surface area contributed by atoms with E-state index < -0.39 is 15.9 Å². The molecule has 0 aromatic rings. The Morgan fingerprint density at radius 2 is 2.11 bits per heavy atom. The molecule has 1 heterocycles. The summed E-state index contributed by atoms with van der Waals surface area (Å²) in [6.07, 6.45) is 0.